The summed E-state index contributed by atoms with van der Waals surface area (Å²) in [5, 5.41) is 3.30. The summed E-state index contributed by atoms with van der Waals surface area (Å²) in [4.78, 5) is 2.59. The van der Waals surface area contributed by atoms with Gasteiger partial charge in [-0.15, -0.1) is 0 Å². The zero-order valence-electron chi connectivity index (χ0n) is 11.8. The van der Waals surface area contributed by atoms with Gasteiger partial charge in [-0.05, 0) is 62.6 Å². The number of hydrogen-bond acceptors (Lipinski definition) is 3. The Bertz CT molecular complexity index is 425. The van der Waals surface area contributed by atoms with Crippen LogP contribution in [0.5, 0.6) is 5.75 Å². The first-order valence-corrected chi connectivity index (χ1v) is 7.46. The maximum atomic E-state index is 5.56. The highest BCUT2D eigenvalue weighted by molar-refractivity contribution is 5.39. The van der Waals surface area contributed by atoms with Gasteiger partial charge in [0.25, 0.3) is 0 Å². The molecule has 1 N–H and O–H groups in total. The summed E-state index contributed by atoms with van der Waals surface area (Å²) in [6, 6.07) is 6.71. The molecule has 0 saturated carbocycles. The molecule has 104 valence electrons. The maximum absolute atomic E-state index is 5.56. The van der Waals surface area contributed by atoms with E-state index >= 15 is 0 Å². The lowest BCUT2D eigenvalue weighted by Gasteiger charge is -2.31. The molecule has 3 rings (SSSR count). The predicted molar refractivity (Wildman–Crippen MR) is 77.6 cm³/mol. The van der Waals surface area contributed by atoms with Crippen LogP contribution < -0.4 is 10.1 Å². The largest absolute Gasteiger partial charge is 0.493 e. The van der Waals surface area contributed by atoms with Gasteiger partial charge in [0.1, 0.15) is 5.75 Å². The fourth-order valence-electron chi connectivity index (χ4n) is 3.23. The summed E-state index contributed by atoms with van der Waals surface area (Å²) in [7, 11) is 2.05. The van der Waals surface area contributed by atoms with E-state index < -0.39 is 0 Å². The van der Waals surface area contributed by atoms with Gasteiger partial charge in [0.2, 0.25) is 0 Å². The first-order chi connectivity index (χ1) is 9.35. The molecule has 2 aliphatic rings. The molecule has 0 aromatic heterocycles. The Kier molecular flexibility index (Phi) is 4.04. The number of piperidine rings is 1. The quantitative estimate of drug-likeness (QED) is 0.897. The van der Waals surface area contributed by atoms with Crippen LogP contribution in [0.15, 0.2) is 18.2 Å². The molecule has 19 heavy (non-hydrogen) atoms. The maximum Gasteiger partial charge on any atom is 0.122 e. The summed E-state index contributed by atoms with van der Waals surface area (Å²) in [5.41, 5.74) is 2.83. The second-order valence-corrected chi connectivity index (χ2v) is 5.82. The third-order valence-electron chi connectivity index (χ3n) is 4.36. The summed E-state index contributed by atoms with van der Waals surface area (Å²) >= 11 is 0. The van der Waals surface area contributed by atoms with Crippen molar-refractivity contribution in [2.75, 3.05) is 33.3 Å². The number of benzene rings is 1. The Hall–Kier alpha value is -1.06. The van der Waals surface area contributed by atoms with Crippen molar-refractivity contribution >= 4 is 0 Å². The average molecular weight is 260 g/mol. The Morgan fingerprint density at radius 3 is 2.95 bits per heavy atom. The number of likely N-dealkylation sites (tertiary alicyclic amines) is 1. The summed E-state index contributed by atoms with van der Waals surface area (Å²) < 4.78 is 5.56. The minimum atomic E-state index is 0.855. The van der Waals surface area contributed by atoms with Crippen molar-refractivity contribution in [2.24, 2.45) is 5.92 Å². The lowest BCUT2D eigenvalue weighted by atomic mass is 9.96. The van der Waals surface area contributed by atoms with Crippen LogP contribution in [0.1, 0.15) is 24.0 Å². The van der Waals surface area contributed by atoms with Gasteiger partial charge in [-0.1, -0.05) is 12.1 Å². The van der Waals surface area contributed by atoms with Crippen LogP contribution in [0.25, 0.3) is 0 Å². The van der Waals surface area contributed by atoms with Crippen molar-refractivity contribution in [1.82, 2.24) is 10.2 Å². The van der Waals surface area contributed by atoms with E-state index in [4.69, 9.17) is 4.74 Å². The highest BCUT2D eigenvalue weighted by atomic mass is 16.5. The molecule has 0 radical (unpaired) electrons. The van der Waals surface area contributed by atoms with Crippen LogP contribution in [0, 0.1) is 5.92 Å². The first-order valence-electron chi connectivity index (χ1n) is 7.46. The molecule has 0 atom stereocenters. The van der Waals surface area contributed by atoms with Gasteiger partial charge in [0, 0.05) is 13.0 Å². The smallest absolute Gasteiger partial charge is 0.122 e. The molecule has 1 aromatic rings. The highest BCUT2D eigenvalue weighted by Gasteiger charge is 2.19. The summed E-state index contributed by atoms with van der Waals surface area (Å²) in [5.74, 6) is 1.96. The van der Waals surface area contributed by atoms with Crippen LogP contribution in [0.4, 0.5) is 0 Å². The molecule has 0 aliphatic carbocycles. The SMILES string of the molecule is CNCC1CCN(Cc2ccc3c(c2)CCO3)CC1. The molecule has 1 aromatic carbocycles. The van der Waals surface area contributed by atoms with Crippen molar-refractivity contribution < 1.29 is 4.74 Å². The van der Waals surface area contributed by atoms with E-state index in [0.717, 1.165) is 31.2 Å². The minimum absolute atomic E-state index is 0.855. The van der Waals surface area contributed by atoms with Crippen LogP contribution in [0.2, 0.25) is 0 Å². The van der Waals surface area contributed by atoms with Crippen molar-refractivity contribution in [2.45, 2.75) is 25.8 Å². The Morgan fingerprint density at radius 2 is 2.16 bits per heavy atom. The molecule has 2 heterocycles. The third kappa shape index (κ3) is 3.10. The molecule has 3 nitrogen and oxygen atoms in total. The van der Waals surface area contributed by atoms with E-state index in [9.17, 15) is 0 Å². The van der Waals surface area contributed by atoms with Crippen LogP contribution >= 0.6 is 0 Å². The monoisotopic (exact) mass is 260 g/mol. The zero-order valence-corrected chi connectivity index (χ0v) is 11.8. The Balaban J connectivity index is 1.55. The Morgan fingerprint density at radius 1 is 1.32 bits per heavy atom. The fourth-order valence-corrected chi connectivity index (χ4v) is 3.23. The molecule has 0 spiro atoms. The average Bonchev–Trinajstić information content (AvgIpc) is 2.89. The molecule has 0 amide bonds. The van der Waals surface area contributed by atoms with E-state index in [2.05, 4.69) is 35.5 Å². The summed E-state index contributed by atoms with van der Waals surface area (Å²) in [6.07, 6.45) is 3.73. The van der Waals surface area contributed by atoms with E-state index in [1.807, 2.05) is 0 Å². The number of ether oxygens (including phenoxy) is 1. The fraction of sp³-hybridized carbons (Fsp3) is 0.625. The first kappa shape index (κ1) is 12.9. The lowest BCUT2D eigenvalue weighted by Crippen LogP contribution is -2.36. The Labute approximate surface area is 115 Å². The topological polar surface area (TPSA) is 24.5 Å². The number of nitrogens with zero attached hydrogens (tertiary/aromatic N) is 1. The molecular weight excluding hydrogens is 236 g/mol. The normalized spacial score (nSPS) is 20.3. The second kappa shape index (κ2) is 5.93. The van der Waals surface area contributed by atoms with Gasteiger partial charge in [0.05, 0.1) is 6.61 Å². The van der Waals surface area contributed by atoms with Gasteiger partial charge in [-0.3, -0.25) is 4.90 Å². The van der Waals surface area contributed by atoms with Crippen LogP contribution in [0.3, 0.4) is 0 Å². The predicted octanol–water partition coefficient (Wildman–Crippen LogP) is 2.05. The zero-order chi connectivity index (χ0) is 13.1. The van der Waals surface area contributed by atoms with E-state index in [1.165, 1.54) is 43.6 Å². The molecule has 3 heteroatoms. The van der Waals surface area contributed by atoms with E-state index in [-0.39, 0.29) is 0 Å². The minimum Gasteiger partial charge on any atom is -0.493 e. The van der Waals surface area contributed by atoms with E-state index in [1.54, 1.807) is 0 Å². The summed E-state index contributed by atoms with van der Waals surface area (Å²) in [6.45, 7) is 5.59. The van der Waals surface area contributed by atoms with Crippen molar-refractivity contribution in [3.63, 3.8) is 0 Å². The lowest BCUT2D eigenvalue weighted by molar-refractivity contribution is 0.177. The second-order valence-electron chi connectivity index (χ2n) is 5.82. The standard InChI is InChI=1S/C16H24N2O/c1-17-11-13-4-7-18(8-5-13)12-14-2-3-16-15(10-14)6-9-19-16/h2-3,10,13,17H,4-9,11-12H2,1H3. The van der Waals surface area contributed by atoms with Gasteiger partial charge < -0.3 is 10.1 Å². The van der Waals surface area contributed by atoms with Crippen LogP contribution in [-0.2, 0) is 13.0 Å². The third-order valence-corrected chi connectivity index (χ3v) is 4.36. The number of rotatable bonds is 4. The van der Waals surface area contributed by atoms with Gasteiger partial charge in [-0.2, -0.15) is 0 Å². The van der Waals surface area contributed by atoms with Crippen LogP contribution in [-0.4, -0.2) is 38.2 Å². The molecular formula is C16H24N2O. The van der Waals surface area contributed by atoms with Gasteiger partial charge in [0.15, 0.2) is 0 Å². The molecule has 0 bridgehead atoms. The molecule has 2 aliphatic heterocycles. The number of hydrogen-bond donors (Lipinski definition) is 1. The molecule has 0 unspecified atom stereocenters. The van der Waals surface area contributed by atoms with Gasteiger partial charge in [-0.25, -0.2) is 0 Å². The van der Waals surface area contributed by atoms with E-state index in [0.29, 0.717) is 0 Å². The number of nitrogens with one attached hydrogen (secondary N) is 1. The van der Waals surface area contributed by atoms with Gasteiger partial charge >= 0.3 is 0 Å². The van der Waals surface area contributed by atoms with Crippen molar-refractivity contribution in [1.29, 1.82) is 0 Å². The molecule has 1 fully saturated rings. The van der Waals surface area contributed by atoms with Crippen molar-refractivity contribution in [3.05, 3.63) is 29.3 Å². The highest BCUT2D eigenvalue weighted by Crippen LogP contribution is 2.27. The number of fused-ring (bicyclic) bond motifs is 1. The molecule has 1 saturated heterocycles. The van der Waals surface area contributed by atoms with Crippen molar-refractivity contribution in [3.8, 4) is 5.75 Å².